The molecule has 0 radical (unpaired) electrons. The lowest BCUT2D eigenvalue weighted by atomic mass is 9.64. The Hall–Kier alpha value is -2.52. The minimum Gasteiger partial charge on any atom is -0.475 e. The molecule has 2 unspecified atom stereocenters. The van der Waals surface area contributed by atoms with Crippen LogP contribution in [0.15, 0.2) is 35.5 Å². The van der Waals surface area contributed by atoms with Crippen molar-refractivity contribution in [2.24, 2.45) is 11.3 Å². The molecule has 6 rings (SSSR count). The topological polar surface area (TPSA) is 113 Å². The lowest BCUT2D eigenvalue weighted by Crippen LogP contribution is -2.69. The molecule has 1 spiro atoms. The van der Waals surface area contributed by atoms with Gasteiger partial charge in [-0.3, -0.25) is 9.88 Å². The summed E-state index contributed by atoms with van der Waals surface area (Å²) in [5, 5.41) is 8.81. The number of hydrogen-bond acceptors (Lipinski definition) is 8. The number of pyridine rings is 1. The highest BCUT2D eigenvalue weighted by Crippen LogP contribution is 2.51. The summed E-state index contributed by atoms with van der Waals surface area (Å²) in [6.07, 6.45) is 1.44. The molecule has 14 heteroatoms. The Morgan fingerprint density at radius 1 is 1.05 bits per heavy atom. The maximum Gasteiger partial charge on any atom is 0.490 e. The van der Waals surface area contributed by atoms with Gasteiger partial charge in [0.1, 0.15) is 0 Å². The first-order valence-electron chi connectivity index (χ1n) is 14.7. The van der Waals surface area contributed by atoms with E-state index in [1.165, 1.54) is 0 Å². The van der Waals surface area contributed by atoms with Gasteiger partial charge in [-0.25, -0.2) is 13.2 Å². The first-order chi connectivity index (χ1) is 20.3. The Balaban J connectivity index is 0.000000472. The summed E-state index contributed by atoms with van der Waals surface area (Å²) < 4.78 is 72.9. The van der Waals surface area contributed by atoms with Crippen LogP contribution in [0.4, 0.5) is 18.9 Å². The molecule has 4 fully saturated rings. The van der Waals surface area contributed by atoms with Crippen LogP contribution in [0.2, 0.25) is 0 Å². The van der Waals surface area contributed by atoms with E-state index in [1.807, 2.05) is 24.4 Å². The molecule has 4 aliphatic rings. The number of ether oxygens (including phenoxy) is 2. The van der Waals surface area contributed by atoms with Gasteiger partial charge >= 0.3 is 12.1 Å². The number of carboxylic acid groups (broad SMARTS) is 1. The Kier molecular flexibility index (Phi) is 9.25. The molecule has 0 saturated carbocycles. The van der Waals surface area contributed by atoms with Gasteiger partial charge in [0.2, 0.25) is 10.0 Å². The molecule has 2 aromatic rings. The van der Waals surface area contributed by atoms with Gasteiger partial charge in [-0.05, 0) is 43.4 Å². The van der Waals surface area contributed by atoms with E-state index in [0.29, 0.717) is 17.5 Å². The predicted molar refractivity (Wildman–Crippen MR) is 153 cm³/mol. The van der Waals surface area contributed by atoms with Crippen LogP contribution < -0.4 is 4.90 Å². The fraction of sp³-hybridized carbons (Fsp3) is 0.655. The number of fused-ring (bicyclic) bond motifs is 1. The second-order valence-corrected chi connectivity index (χ2v) is 13.9. The number of alkyl halides is 3. The fourth-order valence-corrected chi connectivity index (χ4v) is 9.26. The number of aliphatic carboxylic acids is 1. The van der Waals surface area contributed by atoms with Crippen LogP contribution in [0, 0.1) is 11.3 Å². The molecule has 5 heterocycles. The van der Waals surface area contributed by atoms with E-state index in [2.05, 4.69) is 28.6 Å². The van der Waals surface area contributed by atoms with Gasteiger partial charge in [-0.15, -0.1) is 0 Å². The first kappa shape index (κ1) is 31.9. The molecule has 1 aromatic heterocycles. The lowest BCUT2D eigenvalue weighted by molar-refractivity contribution is -0.192. The normalized spacial score (nSPS) is 25.0. The summed E-state index contributed by atoms with van der Waals surface area (Å²) >= 11 is 0. The SMILES string of the molecule is CC(C)C1N(S(=O)(=O)c2ccc(N3CCN(C4CCOC4)CC3)c3cnccc23)CC12CCOCC2.O=C(O)C(F)(F)F. The molecule has 1 aromatic carbocycles. The molecule has 4 aliphatic heterocycles. The van der Waals surface area contributed by atoms with E-state index in [9.17, 15) is 21.6 Å². The summed E-state index contributed by atoms with van der Waals surface area (Å²) in [5.74, 6) is -2.51. The quantitative estimate of drug-likeness (QED) is 0.531. The summed E-state index contributed by atoms with van der Waals surface area (Å²) in [4.78, 5) is 18.6. The zero-order chi connectivity index (χ0) is 31.0. The van der Waals surface area contributed by atoms with Crippen molar-refractivity contribution in [2.75, 3.05) is 64.1 Å². The third kappa shape index (κ3) is 6.35. The van der Waals surface area contributed by atoms with Crippen molar-refractivity contribution in [1.82, 2.24) is 14.2 Å². The van der Waals surface area contributed by atoms with Crippen LogP contribution in [-0.4, -0.2) is 111 Å². The number of carboxylic acids is 1. The molecule has 10 nitrogen and oxygen atoms in total. The van der Waals surface area contributed by atoms with E-state index >= 15 is 0 Å². The third-order valence-corrected chi connectivity index (χ3v) is 11.1. The Bertz CT molecular complexity index is 1400. The van der Waals surface area contributed by atoms with Gasteiger partial charge in [0, 0.05) is 98.9 Å². The number of benzene rings is 1. The van der Waals surface area contributed by atoms with E-state index < -0.39 is 22.2 Å². The number of nitrogens with zero attached hydrogens (tertiary/aromatic N) is 4. The van der Waals surface area contributed by atoms with Crippen LogP contribution in [0.5, 0.6) is 0 Å². The minimum absolute atomic E-state index is 0.00982. The zero-order valence-corrected chi connectivity index (χ0v) is 25.2. The van der Waals surface area contributed by atoms with Crippen LogP contribution in [0.25, 0.3) is 10.8 Å². The number of piperazine rings is 1. The maximum absolute atomic E-state index is 14.1. The van der Waals surface area contributed by atoms with Crippen LogP contribution in [0.3, 0.4) is 0 Å². The first-order valence-corrected chi connectivity index (χ1v) is 16.1. The lowest BCUT2D eigenvalue weighted by Gasteiger charge is -2.59. The number of rotatable bonds is 5. The highest BCUT2D eigenvalue weighted by Gasteiger charge is 2.58. The Morgan fingerprint density at radius 2 is 1.72 bits per heavy atom. The van der Waals surface area contributed by atoms with Crippen LogP contribution >= 0.6 is 0 Å². The summed E-state index contributed by atoms with van der Waals surface area (Å²) in [6, 6.07) is 6.24. The second kappa shape index (κ2) is 12.5. The molecule has 4 saturated heterocycles. The molecule has 1 N–H and O–H groups in total. The highest BCUT2D eigenvalue weighted by molar-refractivity contribution is 7.89. The number of hydrogen-bond donors (Lipinski definition) is 1. The monoisotopic (exact) mass is 628 g/mol. The van der Waals surface area contributed by atoms with E-state index in [1.54, 1.807) is 10.5 Å². The molecule has 43 heavy (non-hydrogen) atoms. The summed E-state index contributed by atoms with van der Waals surface area (Å²) in [7, 11) is -3.64. The molecule has 0 amide bonds. The Morgan fingerprint density at radius 3 is 2.30 bits per heavy atom. The van der Waals surface area contributed by atoms with Gasteiger partial charge in [0.15, 0.2) is 0 Å². The molecule has 238 valence electrons. The largest absolute Gasteiger partial charge is 0.490 e. The van der Waals surface area contributed by atoms with Crippen molar-refractivity contribution in [2.45, 2.75) is 56.3 Å². The number of halogens is 3. The van der Waals surface area contributed by atoms with Gasteiger partial charge in [0.05, 0.1) is 11.5 Å². The van der Waals surface area contributed by atoms with Crippen molar-refractivity contribution >= 4 is 32.5 Å². The van der Waals surface area contributed by atoms with Crippen molar-refractivity contribution < 1.29 is 41.0 Å². The fourth-order valence-electron chi connectivity index (χ4n) is 7.11. The summed E-state index contributed by atoms with van der Waals surface area (Å²) in [5.41, 5.74) is 1.12. The molecular weight excluding hydrogens is 589 g/mol. The average molecular weight is 629 g/mol. The molecule has 2 atom stereocenters. The highest BCUT2D eigenvalue weighted by atomic mass is 32.2. The van der Waals surface area contributed by atoms with Gasteiger partial charge in [-0.2, -0.15) is 17.5 Å². The number of anilines is 1. The second-order valence-electron chi connectivity index (χ2n) is 12.1. The van der Waals surface area contributed by atoms with Gasteiger partial charge in [-0.1, -0.05) is 13.8 Å². The van der Waals surface area contributed by atoms with Crippen molar-refractivity contribution in [1.29, 1.82) is 0 Å². The molecule has 0 bridgehead atoms. The number of aromatic nitrogens is 1. The summed E-state index contributed by atoms with van der Waals surface area (Å²) in [6.45, 7) is 11.8. The van der Waals surface area contributed by atoms with Crippen molar-refractivity contribution in [3.63, 3.8) is 0 Å². The van der Waals surface area contributed by atoms with E-state index in [0.717, 1.165) is 88.3 Å². The zero-order valence-electron chi connectivity index (χ0n) is 24.4. The standard InChI is InChI=1S/C27H38N4O4S.C2HF3O2/c1-20(2)26-27(7-15-34-16-8-27)19-31(26)36(32,33)25-4-3-24(23-17-28-9-5-22(23)25)30-12-10-29(11-13-30)21-6-14-35-18-21;3-2(4,5)1(6)7/h3-5,9,17,20-21,26H,6-8,10-16,18-19H2,1-2H3;(H,6,7). The van der Waals surface area contributed by atoms with Gasteiger partial charge in [0.25, 0.3) is 0 Å². The minimum atomic E-state index is -5.08. The number of carbonyl (C=O) groups is 1. The molecular formula is C29H39F3N4O6S. The van der Waals surface area contributed by atoms with Crippen LogP contribution in [0.1, 0.15) is 33.1 Å². The van der Waals surface area contributed by atoms with Gasteiger partial charge < -0.3 is 19.5 Å². The van der Waals surface area contributed by atoms with E-state index in [4.69, 9.17) is 19.4 Å². The Labute approximate surface area is 249 Å². The van der Waals surface area contributed by atoms with Crippen molar-refractivity contribution in [3.8, 4) is 0 Å². The van der Waals surface area contributed by atoms with E-state index in [-0.39, 0.29) is 17.4 Å². The predicted octanol–water partition coefficient (Wildman–Crippen LogP) is 3.60. The maximum atomic E-state index is 14.1. The third-order valence-electron chi connectivity index (χ3n) is 9.19. The van der Waals surface area contributed by atoms with Crippen LogP contribution in [-0.2, 0) is 24.3 Å². The average Bonchev–Trinajstić information content (AvgIpc) is 3.51. The van der Waals surface area contributed by atoms with Crippen molar-refractivity contribution in [3.05, 3.63) is 30.6 Å². The smallest absolute Gasteiger partial charge is 0.475 e. The number of sulfonamides is 1. The molecule has 0 aliphatic carbocycles.